The fraction of sp³-hybridized carbons (Fsp3) is 0.286. The molecular formula is C14H14N4O4. The first-order chi connectivity index (χ1) is 10.5. The molecule has 4 N–H and O–H groups in total. The number of hydrazine groups is 1. The first-order valence-corrected chi connectivity index (χ1v) is 6.81. The quantitative estimate of drug-likeness (QED) is 0.376. The molecule has 0 aliphatic carbocycles. The lowest BCUT2D eigenvalue weighted by molar-refractivity contribution is -0.136. The third-order valence-corrected chi connectivity index (χ3v) is 3.81. The van der Waals surface area contributed by atoms with E-state index in [1.807, 2.05) is 0 Å². The fourth-order valence-electron chi connectivity index (χ4n) is 2.75. The summed E-state index contributed by atoms with van der Waals surface area (Å²) in [5.41, 5.74) is 3.75. The van der Waals surface area contributed by atoms with Gasteiger partial charge < -0.3 is 0 Å². The average Bonchev–Trinajstić information content (AvgIpc) is 2.72. The van der Waals surface area contributed by atoms with Gasteiger partial charge in [-0.1, -0.05) is 6.07 Å². The highest BCUT2D eigenvalue weighted by molar-refractivity contribution is 6.23. The number of fused-ring (bicyclic) bond motifs is 1. The molecular weight excluding hydrogens is 288 g/mol. The second kappa shape index (κ2) is 5.32. The largest absolute Gasteiger partial charge is 0.295 e. The number of hydrogen-bond acceptors (Lipinski definition) is 6. The average molecular weight is 302 g/mol. The molecule has 8 heteroatoms. The summed E-state index contributed by atoms with van der Waals surface area (Å²) in [6.07, 6.45) is 0.250. The van der Waals surface area contributed by atoms with Crippen LogP contribution in [0.5, 0.6) is 0 Å². The van der Waals surface area contributed by atoms with Crippen molar-refractivity contribution in [3.63, 3.8) is 0 Å². The number of nitrogens with two attached hydrogens (primary N) is 1. The Balaban J connectivity index is 1.93. The first-order valence-electron chi connectivity index (χ1n) is 6.81. The number of hydrogen-bond donors (Lipinski definition) is 3. The van der Waals surface area contributed by atoms with Gasteiger partial charge >= 0.3 is 0 Å². The Morgan fingerprint density at radius 3 is 2.59 bits per heavy atom. The van der Waals surface area contributed by atoms with Crippen LogP contribution in [0.4, 0.5) is 0 Å². The topological polar surface area (TPSA) is 122 Å². The number of carbonyl (C=O) groups is 4. The van der Waals surface area contributed by atoms with Gasteiger partial charge in [-0.3, -0.25) is 40.7 Å². The van der Waals surface area contributed by atoms with Gasteiger partial charge in [0, 0.05) is 13.0 Å². The van der Waals surface area contributed by atoms with E-state index in [4.69, 9.17) is 5.84 Å². The second-order valence-electron chi connectivity index (χ2n) is 5.21. The SMILES string of the molecule is NNCc1ccc2c(c1)C(=O)N(C1CCC(=O)NC1=O)C2=O. The van der Waals surface area contributed by atoms with Crippen molar-refractivity contribution < 1.29 is 19.2 Å². The lowest BCUT2D eigenvalue weighted by Crippen LogP contribution is -2.54. The summed E-state index contributed by atoms with van der Waals surface area (Å²) >= 11 is 0. The number of benzene rings is 1. The number of nitrogens with zero attached hydrogens (tertiary/aromatic N) is 1. The summed E-state index contributed by atoms with van der Waals surface area (Å²) in [5, 5.41) is 2.16. The molecule has 2 heterocycles. The van der Waals surface area contributed by atoms with Gasteiger partial charge in [-0.05, 0) is 24.1 Å². The maximum Gasteiger partial charge on any atom is 0.262 e. The number of amides is 4. The number of piperidine rings is 1. The summed E-state index contributed by atoms with van der Waals surface area (Å²) in [6, 6.07) is 3.88. The van der Waals surface area contributed by atoms with Crippen LogP contribution in [-0.2, 0) is 16.1 Å². The van der Waals surface area contributed by atoms with E-state index in [0.29, 0.717) is 6.54 Å². The minimum absolute atomic E-state index is 0.103. The number of carbonyl (C=O) groups excluding carboxylic acids is 4. The molecule has 1 saturated heterocycles. The Morgan fingerprint density at radius 1 is 1.18 bits per heavy atom. The maximum atomic E-state index is 12.5. The van der Waals surface area contributed by atoms with E-state index in [-0.39, 0.29) is 24.0 Å². The van der Waals surface area contributed by atoms with E-state index in [1.54, 1.807) is 18.2 Å². The van der Waals surface area contributed by atoms with Crippen molar-refractivity contribution in [1.29, 1.82) is 0 Å². The predicted octanol–water partition coefficient (Wildman–Crippen LogP) is -0.949. The van der Waals surface area contributed by atoms with Crippen LogP contribution < -0.4 is 16.6 Å². The monoisotopic (exact) mass is 302 g/mol. The number of imide groups is 2. The van der Waals surface area contributed by atoms with E-state index >= 15 is 0 Å². The standard InChI is InChI=1S/C14H14N4O4/c15-16-6-7-1-2-8-9(5-7)14(22)18(13(8)21)10-3-4-11(19)17-12(10)20/h1-2,5,10,16H,3-4,6,15H2,(H,17,19,20). The summed E-state index contributed by atoms with van der Waals surface area (Å²) in [6.45, 7) is 0.354. The third kappa shape index (κ3) is 2.18. The van der Waals surface area contributed by atoms with Crippen molar-refractivity contribution in [2.24, 2.45) is 5.84 Å². The van der Waals surface area contributed by atoms with Crippen LogP contribution in [0.3, 0.4) is 0 Å². The third-order valence-electron chi connectivity index (χ3n) is 3.81. The van der Waals surface area contributed by atoms with Crippen molar-refractivity contribution in [3.05, 3.63) is 34.9 Å². The van der Waals surface area contributed by atoms with E-state index in [0.717, 1.165) is 10.5 Å². The van der Waals surface area contributed by atoms with Crippen LogP contribution in [0.15, 0.2) is 18.2 Å². The van der Waals surface area contributed by atoms with Crippen LogP contribution in [0.2, 0.25) is 0 Å². The van der Waals surface area contributed by atoms with Gasteiger partial charge in [0.15, 0.2) is 0 Å². The Kier molecular flexibility index (Phi) is 3.47. The highest BCUT2D eigenvalue weighted by Crippen LogP contribution is 2.28. The van der Waals surface area contributed by atoms with Crippen molar-refractivity contribution in [3.8, 4) is 0 Å². The van der Waals surface area contributed by atoms with Gasteiger partial charge in [-0.15, -0.1) is 0 Å². The minimum atomic E-state index is -0.943. The molecule has 1 atom stereocenters. The molecule has 2 aliphatic heterocycles. The molecule has 4 amide bonds. The summed E-state index contributed by atoms with van der Waals surface area (Å²) in [5.74, 6) is 3.20. The van der Waals surface area contributed by atoms with Gasteiger partial charge in [0.05, 0.1) is 11.1 Å². The van der Waals surface area contributed by atoms with Crippen molar-refractivity contribution in [2.75, 3.05) is 0 Å². The molecule has 1 fully saturated rings. The minimum Gasteiger partial charge on any atom is -0.295 e. The van der Waals surface area contributed by atoms with Crippen LogP contribution >= 0.6 is 0 Å². The molecule has 2 aliphatic rings. The molecule has 1 unspecified atom stereocenters. The van der Waals surface area contributed by atoms with Gasteiger partial charge in [-0.2, -0.15) is 0 Å². The highest BCUT2D eigenvalue weighted by atomic mass is 16.2. The van der Waals surface area contributed by atoms with Crippen LogP contribution in [-0.4, -0.2) is 34.6 Å². The van der Waals surface area contributed by atoms with E-state index in [1.165, 1.54) is 0 Å². The molecule has 114 valence electrons. The number of nitrogens with one attached hydrogen (secondary N) is 2. The van der Waals surface area contributed by atoms with Gasteiger partial charge in [0.1, 0.15) is 6.04 Å². The smallest absolute Gasteiger partial charge is 0.262 e. The van der Waals surface area contributed by atoms with Crippen molar-refractivity contribution in [1.82, 2.24) is 15.6 Å². The maximum absolute atomic E-state index is 12.5. The molecule has 22 heavy (non-hydrogen) atoms. The molecule has 8 nitrogen and oxygen atoms in total. The lowest BCUT2D eigenvalue weighted by atomic mass is 10.0. The normalized spacial score (nSPS) is 21.1. The Bertz CT molecular complexity index is 700. The molecule has 1 aromatic carbocycles. The van der Waals surface area contributed by atoms with E-state index in [2.05, 4.69) is 10.7 Å². The van der Waals surface area contributed by atoms with Gasteiger partial charge in [-0.25, -0.2) is 0 Å². The molecule has 0 spiro atoms. The molecule has 0 bridgehead atoms. The lowest BCUT2D eigenvalue weighted by Gasteiger charge is -2.27. The zero-order valence-corrected chi connectivity index (χ0v) is 11.6. The van der Waals surface area contributed by atoms with Crippen molar-refractivity contribution >= 4 is 23.6 Å². The van der Waals surface area contributed by atoms with Crippen LogP contribution in [0, 0.1) is 0 Å². The zero-order chi connectivity index (χ0) is 15.9. The molecule has 0 radical (unpaired) electrons. The van der Waals surface area contributed by atoms with E-state index in [9.17, 15) is 19.2 Å². The van der Waals surface area contributed by atoms with Crippen molar-refractivity contribution in [2.45, 2.75) is 25.4 Å². The van der Waals surface area contributed by atoms with E-state index < -0.39 is 29.7 Å². The van der Waals surface area contributed by atoms with Crippen LogP contribution in [0.25, 0.3) is 0 Å². The number of rotatable bonds is 3. The summed E-state index contributed by atoms with van der Waals surface area (Å²) in [4.78, 5) is 48.9. The highest BCUT2D eigenvalue weighted by Gasteiger charge is 2.44. The summed E-state index contributed by atoms with van der Waals surface area (Å²) in [7, 11) is 0. The molecule has 0 saturated carbocycles. The Morgan fingerprint density at radius 2 is 1.91 bits per heavy atom. The Labute approximate surface area is 125 Å². The molecule has 1 aromatic rings. The fourth-order valence-corrected chi connectivity index (χ4v) is 2.75. The Hall–Kier alpha value is -2.58. The van der Waals surface area contributed by atoms with Crippen LogP contribution in [0.1, 0.15) is 39.1 Å². The van der Waals surface area contributed by atoms with Gasteiger partial charge in [0.2, 0.25) is 11.8 Å². The predicted molar refractivity (Wildman–Crippen MR) is 74.1 cm³/mol. The molecule has 0 aromatic heterocycles. The van der Waals surface area contributed by atoms with Gasteiger partial charge in [0.25, 0.3) is 11.8 Å². The zero-order valence-electron chi connectivity index (χ0n) is 11.6. The molecule has 3 rings (SSSR count). The first kappa shape index (κ1) is 14.4. The summed E-state index contributed by atoms with van der Waals surface area (Å²) < 4.78 is 0. The second-order valence-corrected chi connectivity index (χ2v) is 5.21.